The first-order valence-corrected chi connectivity index (χ1v) is 3.03. The summed E-state index contributed by atoms with van der Waals surface area (Å²) in [7, 11) is 0. The van der Waals surface area contributed by atoms with Crippen LogP contribution in [0.25, 0.3) is 10.4 Å². The molecule has 0 saturated heterocycles. The lowest BCUT2D eigenvalue weighted by atomic mass is 10.3. The van der Waals surface area contributed by atoms with E-state index in [-0.39, 0.29) is 11.4 Å². The van der Waals surface area contributed by atoms with Crippen LogP contribution in [0.5, 0.6) is 0 Å². The maximum absolute atomic E-state index is 11.9. The van der Waals surface area contributed by atoms with Crippen molar-refractivity contribution in [2.75, 3.05) is 0 Å². The molecule has 0 aliphatic rings. The van der Waals surface area contributed by atoms with Crippen LogP contribution in [0.3, 0.4) is 0 Å². The number of hydrogen-bond donors (Lipinski definition) is 0. The largest absolute Gasteiger partial charge is 0.265 e. The fourth-order valence-electron chi connectivity index (χ4n) is 0.632. The van der Waals surface area contributed by atoms with E-state index in [1.807, 2.05) is 0 Å². The van der Waals surface area contributed by atoms with Crippen LogP contribution < -0.4 is 0 Å². The van der Waals surface area contributed by atoms with Gasteiger partial charge < -0.3 is 0 Å². The quantitative estimate of drug-likeness (QED) is 0.382. The third-order valence-corrected chi connectivity index (χ3v) is 1.17. The van der Waals surface area contributed by atoms with Gasteiger partial charge >= 0.3 is 0 Å². The molecule has 0 saturated carbocycles. The smallest absolute Gasteiger partial charge is 0.254 e. The fourth-order valence-corrected chi connectivity index (χ4v) is 0.632. The molecule has 0 bridgehead atoms. The normalized spacial score (nSPS) is 9.58. The maximum Gasteiger partial charge on any atom is 0.265 e. The molecule has 0 spiro atoms. The van der Waals surface area contributed by atoms with Gasteiger partial charge in [-0.15, -0.1) is 0 Å². The Labute approximate surface area is 66.5 Å². The number of pyridine rings is 1. The highest BCUT2D eigenvalue weighted by atomic mass is 19.3. The maximum atomic E-state index is 11.9. The first kappa shape index (κ1) is 8.42. The van der Waals surface area contributed by atoms with Crippen molar-refractivity contribution >= 4 is 5.82 Å². The molecule has 0 aromatic carbocycles. The minimum absolute atomic E-state index is 0.0851. The van der Waals surface area contributed by atoms with Gasteiger partial charge in [0.05, 0.1) is 0 Å². The highest BCUT2D eigenvalue weighted by Gasteiger charge is 2.05. The summed E-state index contributed by atoms with van der Waals surface area (Å²) in [5.74, 6) is 0.0851. The van der Waals surface area contributed by atoms with Crippen molar-refractivity contribution in [3.63, 3.8) is 0 Å². The van der Waals surface area contributed by atoms with Crippen LogP contribution in [0, 0.1) is 0 Å². The summed E-state index contributed by atoms with van der Waals surface area (Å²) in [6.07, 6.45) is -1.56. The average Bonchev–Trinajstić information content (AvgIpc) is 2.06. The predicted octanol–water partition coefficient (Wildman–Crippen LogP) is 2.96. The van der Waals surface area contributed by atoms with Gasteiger partial charge in [-0.25, -0.2) is 8.78 Å². The molecule has 1 aromatic rings. The molecule has 0 aliphatic carbocycles. The van der Waals surface area contributed by atoms with Gasteiger partial charge in [0.2, 0.25) is 0 Å². The average molecular weight is 170 g/mol. The Bertz CT molecular complexity index is 302. The monoisotopic (exact) mass is 170 g/mol. The summed E-state index contributed by atoms with van der Waals surface area (Å²) in [6, 6.07) is 2.41. The zero-order valence-electron chi connectivity index (χ0n) is 5.85. The Kier molecular flexibility index (Phi) is 2.55. The van der Waals surface area contributed by atoms with Gasteiger partial charge in [-0.2, -0.15) is 0 Å². The summed E-state index contributed by atoms with van der Waals surface area (Å²) in [5, 5.41) is 3.13. The van der Waals surface area contributed by atoms with E-state index in [1.54, 1.807) is 0 Å². The Hall–Kier alpha value is -1.68. The predicted molar refractivity (Wildman–Crippen MR) is 38.0 cm³/mol. The van der Waals surface area contributed by atoms with Gasteiger partial charge in [-0.3, -0.25) is 4.98 Å². The first-order valence-electron chi connectivity index (χ1n) is 3.03. The third kappa shape index (κ3) is 1.90. The fraction of sp³-hybridized carbons (Fsp3) is 0.167. The Morgan fingerprint density at radius 2 is 2.25 bits per heavy atom. The van der Waals surface area contributed by atoms with Crippen molar-refractivity contribution in [1.82, 2.24) is 4.98 Å². The van der Waals surface area contributed by atoms with Crippen LogP contribution in [-0.2, 0) is 0 Å². The molecule has 4 nitrogen and oxygen atoms in total. The van der Waals surface area contributed by atoms with Gasteiger partial charge in [0.25, 0.3) is 6.43 Å². The SMILES string of the molecule is [N-]=[N+]=Nc1ccc(C(F)F)cn1. The molecule has 1 rings (SSSR count). The Balaban J connectivity index is 2.92. The minimum Gasteiger partial charge on any atom is -0.254 e. The van der Waals surface area contributed by atoms with Gasteiger partial charge in [0, 0.05) is 16.7 Å². The van der Waals surface area contributed by atoms with Crippen molar-refractivity contribution in [2.24, 2.45) is 5.11 Å². The molecule has 0 radical (unpaired) electrons. The van der Waals surface area contributed by atoms with Crippen LogP contribution in [0.4, 0.5) is 14.6 Å². The van der Waals surface area contributed by atoms with Gasteiger partial charge in [0.15, 0.2) is 0 Å². The zero-order valence-corrected chi connectivity index (χ0v) is 5.85. The summed E-state index contributed by atoms with van der Waals surface area (Å²) in [6.45, 7) is 0. The molecular weight excluding hydrogens is 166 g/mol. The highest BCUT2D eigenvalue weighted by Crippen LogP contribution is 2.19. The molecule has 12 heavy (non-hydrogen) atoms. The van der Waals surface area contributed by atoms with Crippen molar-refractivity contribution in [1.29, 1.82) is 0 Å². The lowest BCUT2D eigenvalue weighted by molar-refractivity contribution is 0.151. The van der Waals surface area contributed by atoms with Crippen LogP contribution in [0.15, 0.2) is 23.4 Å². The van der Waals surface area contributed by atoms with E-state index in [2.05, 4.69) is 15.0 Å². The Morgan fingerprint density at radius 1 is 1.50 bits per heavy atom. The summed E-state index contributed by atoms with van der Waals surface area (Å²) < 4.78 is 23.9. The number of alkyl halides is 2. The highest BCUT2D eigenvalue weighted by molar-refractivity contribution is 5.28. The zero-order chi connectivity index (χ0) is 8.97. The molecule has 0 amide bonds. The molecule has 0 atom stereocenters. The van der Waals surface area contributed by atoms with Gasteiger partial charge in [-0.05, 0) is 22.8 Å². The lowest BCUT2D eigenvalue weighted by Crippen LogP contribution is -1.83. The molecule has 0 unspecified atom stereocenters. The number of halogens is 2. The lowest BCUT2D eigenvalue weighted by Gasteiger charge is -1.96. The number of nitrogens with zero attached hydrogens (tertiary/aromatic N) is 4. The molecule has 6 heteroatoms. The van der Waals surface area contributed by atoms with Crippen molar-refractivity contribution in [3.8, 4) is 0 Å². The second-order valence-electron chi connectivity index (χ2n) is 1.94. The topological polar surface area (TPSA) is 61.7 Å². The minimum atomic E-state index is -2.54. The molecular formula is C6H4F2N4. The third-order valence-electron chi connectivity index (χ3n) is 1.17. The van der Waals surface area contributed by atoms with E-state index >= 15 is 0 Å². The van der Waals surface area contributed by atoms with E-state index in [1.165, 1.54) is 12.1 Å². The van der Waals surface area contributed by atoms with Crippen LogP contribution in [0.1, 0.15) is 12.0 Å². The number of azide groups is 1. The summed E-state index contributed by atoms with van der Waals surface area (Å²) >= 11 is 0. The van der Waals surface area contributed by atoms with Gasteiger partial charge in [-0.1, -0.05) is 0 Å². The van der Waals surface area contributed by atoms with Crippen LogP contribution in [0.2, 0.25) is 0 Å². The van der Waals surface area contributed by atoms with E-state index in [4.69, 9.17) is 5.53 Å². The molecule has 0 N–H and O–H groups in total. The van der Waals surface area contributed by atoms with E-state index < -0.39 is 6.43 Å². The van der Waals surface area contributed by atoms with Crippen molar-refractivity contribution in [3.05, 3.63) is 34.3 Å². The molecule has 0 aliphatic heterocycles. The summed E-state index contributed by atoms with van der Waals surface area (Å²) in [5.41, 5.74) is 7.78. The van der Waals surface area contributed by atoms with Crippen LogP contribution >= 0.6 is 0 Å². The molecule has 1 aromatic heterocycles. The van der Waals surface area contributed by atoms with Crippen molar-refractivity contribution in [2.45, 2.75) is 6.43 Å². The van der Waals surface area contributed by atoms with E-state index in [0.29, 0.717) is 0 Å². The Morgan fingerprint density at radius 3 is 2.67 bits per heavy atom. The second-order valence-corrected chi connectivity index (χ2v) is 1.94. The standard InChI is InChI=1S/C6H4F2N4/c7-6(8)4-1-2-5(10-3-4)11-12-9/h1-3,6H. The molecule has 1 heterocycles. The van der Waals surface area contributed by atoms with Crippen LogP contribution in [-0.4, -0.2) is 4.98 Å². The second kappa shape index (κ2) is 3.64. The van der Waals surface area contributed by atoms with E-state index in [0.717, 1.165) is 6.20 Å². The number of hydrogen-bond acceptors (Lipinski definition) is 2. The van der Waals surface area contributed by atoms with Crippen molar-refractivity contribution < 1.29 is 8.78 Å². The van der Waals surface area contributed by atoms with Gasteiger partial charge in [0.1, 0.15) is 5.82 Å². The number of aromatic nitrogens is 1. The number of rotatable bonds is 2. The molecule has 0 fully saturated rings. The summed E-state index contributed by atoms with van der Waals surface area (Å²) in [4.78, 5) is 5.94. The van der Waals surface area contributed by atoms with E-state index in [9.17, 15) is 8.78 Å². The first-order chi connectivity index (χ1) is 5.74. The molecule has 62 valence electrons.